The van der Waals surface area contributed by atoms with Crippen molar-refractivity contribution in [3.63, 3.8) is 0 Å². The third-order valence-corrected chi connectivity index (χ3v) is 2.82. The minimum Gasteiger partial charge on any atom is -0.449 e. The molecule has 0 aromatic carbocycles. The molecule has 2 rings (SSSR count). The summed E-state index contributed by atoms with van der Waals surface area (Å²) in [5.74, 6) is 1.90. The summed E-state index contributed by atoms with van der Waals surface area (Å²) < 4.78 is 10.6. The first-order valence-electron chi connectivity index (χ1n) is 5.66. The summed E-state index contributed by atoms with van der Waals surface area (Å²) in [5, 5.41) is 11.9. The van der Waals surface area contributed by atoms with E-state index >= 15 is 0 Å². The molecule has 0 bridgehead atoms. The summed E-state index contributed by atoms with van der Waals surface area (Å²) in [5.41, 5.74) is 0. The van der Waals surface area contributed by atoms with Gasteiger partial charge in [0, 0.05) is 13.2 Å². The molecule has 4 nitrogen and oxygen atoms in total. The van der Waals surface area contributed by atoms with Crippen molar-refractivity contribution >= 4 is 0 Å². The largest absolute Gasteiger partial charge is 0.449 e. The lowest BCUT2D eigenvalue weighted by molar-refractivity contribution is 0.184. The van der Waals surface area contributed by atoms with E-state index in [1.54, 1.807) is 6.07 Å². The second-order valence-corrected chi connectivity index (χ2v) is 4.07. The smallest absolute Gasteiger partial charge is 0.203 e. The van der Waals surface area contributed by atoms with Gasteiger partial charge in [0.05, 0.1) is 6.54 Å². The van der Waals surface area contributed by atoms with Crippen LogP contribution >= 0.6 is 0 Å². The van der Waals surface area contributed by atoms with Crippen molar-refractivity contribution in [2.24, 2.45) is 5.92 Å². The van der Waals surface area contributed by atoms with E-state index in [9.17, 15) is 0 Å². The van der Waals surface area contributed by atoms with Gasteiger partial charge in [0.15, 0.2) is 0 Å². The molecule has 1 atom stereocenters. The number of furan rings is 1. The van der Waals surface area contributed by atoms with Crippen LogP contribution in [0.25, 0.3) is 0 Å². The number of hydrogen-bond donors (Lipinski definition) is 1. The molecule has 1 aliphatic heterocycles. The van der Waals surface area contributed by atoms with Crippen molar-refractivity contribution in [2.45, 2.75) is 19.4 Å². The quantitative estimate of drug-likeness (QED) is 0.767. The molecule has 4 heteroatoms. The topological polar surface area (TPSA) is 58.2 Å². The van der Waals surface area contributed by atoms with Crippen LogP contribution in [0.5, 0.6) is 0 Å². The van der Waals surface area contributed by atoms with E-state index in [1.165, 1.54) is 6.42 Å². The fourth-order valence-corrected chi connectivity index (χ4v) is 1.86. The van der Waals surface area contributed by atoms with Gasteiger partial charge in [-0.3, -0.25) is 0 Å². The minimum atomic E-state index is 0.376. The van der Waals surface area contributed by atoms with Crippen LogP contribution in [0.4, 0.5) is 0 Å². The second-order valence-electron chi connectivity index (χ2n) is 4.07. The number of nitrogens with one attached hydrogen (secondary N) is 1. The zero-order chi connectivity index (χ0) is 11.2. The summed E-state index contributed by atoms with van der Waals surface area (Å²) in [6.07, 6.45) is 2.33. The van der Waals surface area contributed by atoms with Gasteiger partial charge < -0.3 is 14.5 Å². The third kappa shape index (κ3) is 3.09. The predicted molar refractivity (Wildman–Crippen MR) is 58.7 cm³/mol. The predicted octanol–water partition coefficient (Wildman–Crippen LogP) is 1.67. The molecule has 1 saturated heterocycles. The molecule has 0 spiro atoms. The van der Waals surface area contributed by atoms with E-state index < -0.39 is 0 Å². The molecular formula is C12H16N2O2. The Kier molecular flexibility index (Phi) is 3.97. The molecule has 0 amide bonds. The van der Waals surface area contributed by atoms with Crippen LogP contribution in [-0.2, 0) is 11.3 Å². The van der Waals surface area contributed by atoms with Crippen molar-refractivity contribution in [2.75, 3.05) is 19.8 Å². The monoisotopic (exact) mass is 220 g/mol. The van der Waals surface area contributed by atoms with Crippen molar-refractivity contribution in [1.29, 1.82) is 5.26 Å². The Labute approximate surface area is 95.2 Å². The standard InChI is InChI=1S/C12H16N2O2/c13-7-11-1-2-12(16-11)8-14-5-3-10-4-6-15-9-10/h1-2,10,14H,3-6,8-9H2. The SMILES string of the molecule is N#Cc1ccc(CNCCC2CCOC2)o1. The van der Waals surface area contributed by atoms with Crippen LogP contribution < -0.4 is 5.32 Å². The number of ether oxygens (including phenoxy) is 1. The summed E-state index contributed by atoms with van der Waals surface area (Å²) in [6, 6.07) is 5.51. The molecule has 16 heavy (non-hydrogen) atoms. The van der Waals surface area contributed by atoms with Crippen molar-refractivity contribution in [3.8, 4) is 6.07 Å². The average Bonchev–Trinajstić information content (AvgIpc) is 2.95. The third-order valence-electron chi connectivity index (χ3n) is 2.82. The van der Waals surface area contributed by atoms with E-state index in [-0.39, 0.29) is 0 Å². The van der Waals surface area contributed by atoms with Crippen molar-refractivity contribution in [1.82, 2.24) is 5.32 Å². The molecule has 1 aromatic rings. The van der Waals surface area contributed by atoms with Crippen LogP contribution in [0, 0.1) is 17.2 Å². The molecule has 86 valence electrons. The van der Waals surface area contributed by atoms with Crippen LogP contribution in [0.2, 0.25) is 0 Å². The highest BCUT2D eigenvalue weighted by Gasteiger charge is 2.14. The van der Waals surface area contributed by atoms with Crippen LogP contribution in [-0.4, -0.2) is 19.8 Å². The Hall–Kier alpha value is -1.31. The van der Waals surface area contributed by atoms with Gasteiger partial charge in [-0.05, 0) is 37.4 Å². The van der Waals surface area contributed by atoms with Gasteiger partial charge in [-0.1, -0.05) is 0 Å². The minimum absolute atomic E-state index is 0.376. The fourth-order valence-electron chi connectivity index (χ4n) is 1.86. The Bertz CT molecular complexity index is 361. The Morgan fingerprint density at radius 3 is 3.12 bits per heavy atom. The maximum Gasteiger partial charge on any atom is 0.203 e. The van der Waals surface area contributed by atoms with Gasteiger partial charge in [0.1, 0.15) is 11.8 Å². The van der Waals surface area contributed by atoms with Crippen molar-refractivity contribution in [3.05, 3.63) is 23.7 Å². The molecule has 2 heterocycles. The Morgan fingerprint density at radius 2 is 2.44 bits per heavy atom. The number of hydrogen-bond acceptors (Lipinski definition) is 4. The first kappa shape index (κ1) is 11.2. The van der Waals surface area contributed by atoms with E-state index in [0.717, 1.165) is 31.9 Å². The van der Waals surface area contributed by atoms with Gasteiger partial charge in [-0.25, -0.2) is 0 Å². The fraction of sp³-hybridized carbons (Fsp3) is 0.583. The normalized spacial score (nSPS) is 19.8. The van der Waals surface area contributed by atoms with Gasteiger partial charge in [-0.2, -0.15) is 5.26 Å². The molecular weight excluding hydrogens is 204 g/mol. The highest BCUT2D eigenvalue weighted by Crippen LogP contribution is 2.15. The van der Waals surface area contributed by atoms with Gasteiger partial charge in [0.2, 0.25) is 5.76 Å². The van der Waals surface area contributed by atoms with Gasteiger partial charge in [0.25, 0.3) is 0 Å². The molecule has 1 N–H and O–H groups in total. The molecule has 0 radical (unpaired) electrons. The van der Waals surface area contributed by atoms with E-state index in [0.29, 0.717) is 18.2 Å². The molecule has 0 saturated carbocycles. The Balaban J connectivity index is 1.62. The number of nitrogens with zero attached hydrogens (tertiary/aromatic N) is 1. The van der Waals surface area contributed by atoms with Gasteiger partial charge >= 0.3 is 0 Å². The first-order valence-corrected chi connectivity index (χ1v) is 5.66. The lowest BCUT2D eigenvalue weighted by atomic mass is 10.1. The molecule has 1 unspecified atom stereocenters. The van der Waals surface area contributed by atoms with E-state index in [4.69, 9.17) is 14.4 Å². The number of rotatable bonds is 5. The molecule has 0 aliphatic carbocycles. The number of nitriles is 1. The molecule has 1 fully saturated rings. The van der Waals surface area contributed by atoms with E-state index in [1.807, 2.05) is 12.1 Å². The average molecular weight is 220 g/mol. The summed E-state index contributed by atoms with van der Waals surface area (Å²) in [4.78, 5) is 0. The van der Waals surface area contributed by atoms with Crippen molar-refractivity contribution < 1.29 is 9.15 Å². The van der Waals surface area contributed by atoms with Gasteiger partial charge in [-0.15, -0.1) is 0 Å². The molecule has 1 aliphatic rings. The maximum atomic E-state index is 8.59. The van der Waals surface area contributed by atoms with E-state index in [2.05, 4.69) is 5.32 Å². The van der Waals surface area contributed by atoms with Crippen LogP contribution in [0.1, 0.15) is 24.4 Å². The lowest BCUT2D eigenvalue weighted by Gasteiger charge is -2.07. The maximum absolute atomic E-state index is 8.59. The Morgan fingerprint density at radius 1 is 1.50 bits per heavy atom. The van der Waals surface area contributed by atoms with Crippen LogP contribution in [0.15, 0.2) is 16.5 Å². The highest BCUT2D eigenvalue weighted by atomic mass is 16.5. The summed E-state index contributed by atoms with van der Waals surface area (Å²) in [6.45, 7) is 3.47. The highest BCUT2D eigenvalue weighted by molar-refractivity contribution is 5.18. The van der Waals surface area contributed by atoms with Crippen LogP contribution in [0.3, 0.4) is 0 Å². The summed E-state index contributed by atoms with van der Waals surface area (Å²) >= 11 is 0. The molecule has 1 aromatic heterocycles. The zero-order valence-electron chi connectivity index (χ0n) is 9.24. The zero-order valence-corrected chi connectivity index (χ0v) is 9.24. The second kappa shape index (κ2) is 5.69. The first-order chi connectivity index (χ1) is 7.88. The lowest BCUT2D eigenvalue weighted by Crippen LogP contribution is -2.17. The summed E-state index contributed by atoms with van der Waals surface area (Å²) in [7, 11) is 0.